The summed E-state index contributed by atoms with van der Waals surface area (Å²) in [6.45, 7) is 3.21. The third-order valence-electron chi connectivity index (χ3n) is 6.66. The van der Waals surface area contributed by atoms with Gasteiger partial charge >= 0.3 is 0 Å². The summed E-state index contributed by atoms with van der Waals surface area (Å²) in [5.41, 5.74) is 1.66. The van der Waals surface area contributed by atoms with Gasteiger partial charge in [0.15, 0.2) is 0 Å². The van der Waals surface area contributed by atoms with E-state index in [1.807, 2.05) is 12.1 Å². The van der Waals surface area contributed by atoms with Crippen LogP contribution in [-0.2, 0) is 6.42 Å². The SMILES string of the molecule is CCCc1ccc(OCC(O)CNC23CC4CC(CC(C4)C2)C3)cc1. The third-order valence-corrected chi connectivity index (χ3v) is 6.66. The molecule has 3 heteroatoms. The smallest absolute Gasteiger partial charge is 0.119 e. The number of aliphatic hydroxyl groups excluding tert-OH is 1. The molecule has 4 aliphatic carbocycles. The Morgan fingerprint density at radius 3 is 2.24 bits per heavy atom. The molecular formula is C22H33NO2. The van der Waals surface area contributed by atoms with Gasteiger partial charge in [0.05, 0.1) is 0 Å². The Hall–Kier alpha value is -1.06. The number of aryl methyl sites for hydroxylation is 1. The van der Waals surface area contributed by atoms with Crippen molar-refractivity contribution in [3.8, 4) is 5.75 Å². The molecule has 4 saturated carbocycles. The highest BCUT2D eigenvalue weighted by Crippen LogP contribution is 2.55. The predicted octanol–water partition coefficient (Wildman–Crippen LogP) is 3.94. The van der Waals surface area contributed by atoms with Gasteiger partial charge in [-0.1, -0.05) is 25.5 Å². The molecule has 1 aromatic rings. The molecule has 0 spiro atoms. The summed E-state index contributed by atoms with van der Waals surface area (Å²) in [4.78, 5) is 0. The minimum Gasteiger partial charge on any atom is -0.491 e. The molecule has 4 aliphatic rings. The van der Waals surface area contributed by atoms with Gasteiger partial charge in [-0.15, -0.1) is 0 Å². The second-order valence-corrected chi connectivity index (χ2v) is 8.94. The lowest BCUT2D eigenvalue weighted by molar-refractivity contribution is -0.0266. The molecule has 138 valence electrons. The molecule has 0 saturated heterocycles. The van der Waals surface area contributed by atoms with Gasteiger partial charge in [-0.25, -0.2) is 0 Å². The van der Waals surface area contributed by atoms with E-state index in [0.717, 1.165) is 36.3 Å². The zero-order valence-electron chi connectivity index (χ0n) is 15.5. The molecule has 0 radical (unpaired) electrons. The number of β-amino-alcohol motifs (C(OH)–C–C–N with tert-alkyl or cyclic N) is 1. The average molecular weight is 344 g/mol. The van der Waals surface area contributed by atoms with Crippen LogP contribution in [0.1, 0.15) is 57.4 Å². The first-order chi connectivity index (χ1) is 12.1. The molecular weight excluding hydrogens is 310 g/mol. The van der Waals surface area contributed by atoms with Gasteiger partial charge in [0.1, 0.15) is 18.5 Å². The maximum absolute atomic E-state index is 10.4. The fourth-order valence-corrected chi connectivity index (χ4v) is 5.95. The number of aliphatic hydroxyl groups is 1. The van der Waals surface area contributed by atoms with Gasteiger partial charge in [-0.05, 0) is 80.4 Å². The van der Waals surface area contributed by atoms with Crippen LogP contribution in [-0.4, -0.2) is 29.9 Å². The van der Waals surface area contributed by atoms with Crippen LogP contribution < -0.4 is 10.1 Å². The van der Waals surface area contributed by atoms with Crippen LogP contribution >= 0.6 is 0 Å². The van der Waals surface area contributed by atoms with Gasteiger partial charge in [0.25, 0.3) is 0 Å². The van der Waals surface area contributed by atoms with Crippen LogP contribution in [0, 0.1) is 17.8 Å². The molecule has 4 bridgehead atoms. The van der Waals surface area contributed by atoms with Gasteiger partial charge < -0.3 is 15.2 Å². The fourth-order valence-electron chi connectivity index (χ4n) is 5.95. The highest BCUT2D eigenvalue weighted by Gasteiger charge is 2.50. The number of hydrogen-bond donors (Lipinski definition) is 2. The van der Waals surface area contributed by atoms with Crippen molar-refractivity contribution in [3.63, 3.8) is 0 Å². The summed E-state index contributed by atoms with van der Waals surface area (Å²) >= 11 is 0. The first kappa shape index (κ1) is 17.4. The summed E-state index contributed by atoms with van der Waals surface area (Å²) in [7, 11) is 0. The van der Waals surface area contributed by atoms with E-state index in [4.69, 9.17) is 4.74 Å². The zero-order chi connectivity index (χ0) is 17.3. The van der Waals surface area contributed by atoms with Crippen LogP contribution in [0.5, 0.6) is 5.75 Å². The minimum absolute atomic E-state index is 0.317. The summed E-state index contributed by atoms with van der Waals surface area (Å²) in [5.74, 6) is 3.67. The lowest BCUT2D eigenvalue weighted by Crippen LogP contribution is -2.59. The second-order valence-electron chi connectivity index (χ2n) is 8.94. The van der Waals surface area contributed by atoms with Crippen molar-refractivity contribution in [2.45, 2.75) is 69.9 Å². The van der Waals surface area contributed by atoms with Crippen molar-refractivity contribution in [1.29, 1.82) is 0 Å². The van der Waals surface area contributed by atoms with E-state index in [1.165, 1.54) is 44.1 Å². The highest BCUT2D eigenvalue weighted by atomic mass is 16.5. The van der Waals surface area contributed by atoms with E-state index in [9.17, 15) is 5.11 Å². The van der Waals surface area contributed by atoms with E-state index in [1.54, 1.807) is 0 Å². The van der Waals surface area contributed by atoms with Gasteiger partial charge in [0.2, 0.25) is 0 Å². The lowest BCUT2D eigenvalue weighted by Gasteiger charge is -2.57. The Kier molecular flexibility index (Phi) is 5.06. The van der Waals surface area contributed by atoms with E-state index >= 15 is 0 Å². The first-order valence-electron chi connectivity index (χ1n) is 10.3. The number of rotatable bonds is 8. The van der Waals surface area contributed by atoms with Crippen molar-refractivity contribution >= 4 is 0 Å². The number of nitrogens with one attached hydrogen (secondary N) is 1. The third kappa shape index (κ3) is 4.03. The normalized spacial score (nSPS) is 34.2. The molecule has 0 heterocycles. The maximum atomic E-state index is 10.4. The monoisotopic (exact) mass is 343 g/mol. The highest BCUT2D eigenvalue weighted by molar-refractivity contribution is 5.27. The molecule has 0 aromatic heterocycles. The van der Waals surface area contributed by atoms with Crippen molar-refractivity contribution in [1.82, 2.24) is 5.32 Å². The Morgan fingerprint density at radius 2 is 1.68 bits per heavy atom. The van der Waals surface area contributed by atoms with Gasteiger partial charge in [0, 0.05) is 12.1 Å². The maximum Gasteiger partial charge on any atom is 0.119 e. The standard InChI is InChI=1S/C22H33NO2/c1-2-3-16-4-6-21(7-5-16)25-15-20(24)14-23-22-11-17-8-18(12-22)10-19(9-17)13-22/h4-7,17-20,23-24H,2-3,8-15H2,1H3. The zero-order valence-corrected chi connectivity index (χ0v) is 15.5. The number of hydrogen-bond acceptors (Lipinski definition) is 3. The van der Waals surface area contributed by atoms with Crippen molar-refractivity contribution in [2.24, 2.45) is 17.8 Å². The summed E-state index contributed by atoms with van der Waals surface area (Å²) in [5, 5.41) is 14.1. The van der Waals surface area contributed by atoms with E-state index in [2.05, 4.69) is 24.4 Å². The Morgan fingerprint density at radius 1 is 1.08 bits per heavy atom. The molecule has 25 heavy (non-hydrogen) atoms. The van der Waals surface area contributed by atoms with Crippen molar-refractivity contribution in [3.05, 3.63) is 29.8 Å². The number of benzene rings is 1. The van der Waals surface area contributed by atoms with Crippen LogP contribution in [0.25, 0.3) is 0 Å². The molecule has 1 atom stereocenters. The Bertz CT molecular complexity index is 533. The summed E-state index contributed by atoms with van der Waals surface area (Å²) < 4.78 is 5.78. The van der Waals surface area contributed by atoms with Crippen molar-refractivity contribution in [2.75, 3.05) is 13.2 Å². The summed E-state index contributed by atoms with van der Waals surface area (Å²) in [6, 6.07) is 8.28. The summed E-state index contributed by atoms with van der Waals surface area (Å²) in [6.07, 6.45) is 10.2. The molecule has 0 amide bonds. The average Bonchev–Trinajstić information content (AvgIpc) is 2.59. The molecule has 1 unspecified atom stereocenters. The second kappa shape index (κ2) is 7.28. The van der Waals surface area contributed by atoms with Crippen LogP contribution in [0.3, 0.4) is 0 Å². The molecule has 3 nitrogen and oxygen atoms in total. The number of ether oxygens (including phenoxy) is 1. The topological polar surface area (TPSA) is 41.5 Å². The minimum atomic E-state index is -0.441. The predicted molar refractivity (Wildman–Crippen MR) is 101 cm³/mol. The van der Waals surface area contributed by atoms with Crippen LogP contribution in [0.4, 0.5) is 0 Å². The van der Waals surface area contributed by atoms with E-state index in [-0.39, 0.29) is 0 Å². The Balaban J connectivity index is 1.23. The molecule has 1 aromatic carbocycles. The fraction of sp³-hybridized carbons (Fsp3) is 0.727. The molecule has 5 rings (SSSR count). The molecule has 0 aliphatic heterocycles. The van der Waals surface area contributed by atoms with Gasteiger partial charge in [-0.3, -0.25) is 0 Å². The largest absolute Gasteiger partial charge is 0.491 e. The van der Waals surface area contributed by atoms with E-state index < -0.39 is 6.10 Å². The Labute approximate surface area is 152 Å². The molecule has 2 N–H and O–H groups in total. The molecule has 4 fully saturated rings. The first-order valence-corrected chi connectivity index (χ1v) is 10.3. The van der Waals surface area contributed by atoms with Crippen LogP contribution in [0.2, 0.25) is 0 Å². The van der Waals surface area contributed by atoms with Gasteiger partial charge in [-0.2, -0.15) is 0 Å². The quantitative estimate of drug-likeness (QED) is 0.751. The van der Waals surface area contributed by atoms with Crippen molar-refractivity contribution < 1.29 is 9.84 Å². The van der Waals surface area contributed by atoms with E-state index in [0.29, 0.717) is 18.7 Å². The van der Waals surface area contributed by atoms with Crippen LogP contribution in [0.15, 0.2) is 24.3 Å². The lowest BCUT2D eigenvalue weighted by atomic mass is 9.53.